The first-order valence-corrected chi connectivity index (χ1v) is 6.80. The molecule has 0 unspecified atom stereocenters. The van der Waals surface area contributed by atoms with Crippen LogP contribution in [-0.2, 0) is 13.1 Å². The van der Waals surface area contributed by atoms with E-state index in [4.69, 9.17) is 0 Å². The lowest BCUT2D eigenvalue weighted by Gasteiger charge is -2.22. The Labute approximate surface area is 112 Å². The second-order valence-corrected chi connectivity index (χ2v) is 4.71. The maximum absolute atomic E-state index is 12.4. The van der Waals surface area contributed by atoms with Crippen molar-refractivity contribution in [2.24, 2.45) is 0 Å². The van der Waals surface area contributed by atoms with Gasteiger partial charge in [0.1, 0.15) is 12.2 Å². The Hall–Kier alpha value is -0.630. The summed E-state index contributed by atoms with van der Waals surface area (Å²) in [5.41, 5.74) is 0. The Morgan fingerprint density at radius 3 is 2.72 bits per heavy atom. The summed E-state index contributed by atoms with van der Waals surface area (Å²) in [6.45, 7) is 2.20. The van der Waals surface area contributed by atoms with Gasteiger partial charge in [0.25, 0.3) is 0 Å². The lowest BCUT2D eigenvalue weighted by Crippen LogP contribution is -2.36. The minimum Gasteiger partial charge on any atom is -0.287 e. The Kier molecular flexibility index (Phi) is 6.07. The highest BCUT2D eigenvalue weighted by molar-refractivity contribution is 9.09. The standard InChI is InChI=1S/C10H16BrF3N4/c1-2-4-18-9(15-8-16-18)6-17(5-3-11)7-10(12,13)14/h8H,2-7H2,1H3. The maximum Gasteiger partial charge on any atom is 0.401 e. The van der Waals surface area contributed by atoms with E-state index in [2.05, 4.69) is 26.0 Å². The number of rotatable bonds is 7. The molecule has 0 aromatic carbocycles. The first kappa shape index (κ1) is 15.4. The molecule has 18 heavy (non-hydrogen) atoms. The van der Waals surface area contributed by atoms with Gasteiger partial charge in [0.2, 0.25) is 0 Å². The van der Waals surface area contributed by atoms with Gasteiger partial charge < -0.3 is 0 Å². The highest BCUT2D eigenvalue weighted by Gasteiger charge is 2.30. The fourth-order valence-electron chi connectivity index (χ4n) is 1.60. The van der Waals surface area contributed by atoms with Crippen molar-refractivity contribution >= 4 is 15.9 Å². The van der Waals surface area contributed by atoms with E-state index >= 15 is 0 Å². The third-order valence-corrected chi connectivity index (χ3v) is 2.65. The fourth-order valence-corrected chi connectivity index (χ4v) is 2.10. The van der Waals surface area contributed by atoms with Gasteiger partial charge in [0.15, 0.2) is 0 Å². The van der Waals surface area contributed by atoms with Gasteiger partial charge in [-0.2, -0.15) is 18.3 Å². The topological polar surface area (TPSA) is 34.0 Å². The van der Waals surface area contributed by atoms with Crippen molar-refractivity contribution in [1.82, 2.24) is 19.7 Å². The predicted octanol–water partition coefficient (Wildman–Crippen LogP) is 2.45. The molecule has 1 aromatic rings. The number of aryl methyl sites for hydroxylation is 1. The van der Waals surface area contributed by atoms with E-state index in [-0.39, 0.29) is 6.54 Å². The Balaban J connectivity index is 2.67. The fraction of sp³-hybridized carbons (Fsp3) is 0.800. The van der Waals surface area contributed by atoms with E-state index in [1.54, 1.807) is 4.68 Å². The van der Waals surface area contributed by atoms with Gasteiger partial charge >= 0.3 is 6.18 Å². The molecule has 0 saturated heterocycles. The average molecular weight is 329 g/mol. The second kappa shape index (κ2) is 7.08. The van der Waals surface area contributed by atoms with E-state index < -0.39 is 12.7 Å². The van der Waals surface area contributed by atoms with Gasteiger partial charge in [0.05, 0.1) is 13.1 Å². The molecule has 0 fully saturated rings. The van der Waals surface area contributed by atoms with Crippen LogP contribution in [0.5, 0.6) is 0 Å². The smallest absolute Gasteiger partial charge is 0.287 e. The summed E-state index contributed by atoms with van der Waals surface area (Å²) in [6.07, 6.45) is -1.95. The first-order chi connectivity index (χ1) is 8.46. The average Bonchev–Trinajstić information content (AvgIpc) is 2.64. The van der Waals surface area contributed by atoms with Crippen LogP contribution < -0.4 is 0 Å². The van der Waals surface area contributed by atoms with Gasteiger partial charge in [-0.1, -0.05) is 22.9 Å². The van der Waals surface area contributed by atoms with Gasteiger partial charge in [-0.25, -0.2) is 9.67 Å². The Bertz CT molecular complexity index is 353. The molecular formula is C10H16BrF3N4. The molecule has 0 aliphatic carbocycles. The molecule has 4 nitrogen and oxygen atoms in total. The van der Waals surface area contributed by atoms with Crippen molar-refractivity contribution < 1.29 is 13.2 Å². The normalized spacial score (nSPS) is 12.3. The molecule has 0 spiro atoms. The molecular weight excluding hydrogens is 313 g/mol. The van der Waals surface area contributed by atoms with Crippen molar-refractivity contribution in [3.63, 3.8) is 0 Å². The number of alkyl halides is 4. The first-order valence-electron chi connectivity index (χ1n) is 5.68. The third-order valence-electron chi connectivity index (χ3n) is 2.30. The third kappa shape index (κ3) is 5.34. The Morgan fingerprint density at radius 2 is 2.17 bits per heavy atom. The van der Waals surface area contributed by atoms with E-state index in [0.29, 0.717) is 24.2 Å². The molecule has 0 aliphatic rings. The minimum atomic E-state index is -4.20. The largest absolute Gasteiger partial charge is 0.401 e. The molecule has 0 saturated carbocycles. The second-order valence-electron chi connectivity index (χ2n) is 3.91. The summed E-state index contributed by atoms with van der Waals surface area (Å²) in [4.78, 5) is 5.32. The van der Waals surface area contributed by atoms with Crippen molar-refractivity contribution in [1.29, 1.82) is 0 Å². The van der Waals surface area contributed by atoms with Crippen LogP contribution in [0.3, 0.4) is 0 Å². The lowest BCUT2D eigenvalue weighted by atomic mass is 10.4. The number of nitrogens with zero attached hydrogens (tertiary/aromatic N) is 4. The molecule has 8 heteroatoms. The molecule has 104 valence electrons. The van der Waals surface area contributed by atoms with Crippen LogP contribution in [0.15, 0.2) is 6.33 Å². The van der Waals surface area contributed by atoms with Crippen molar-refractivity contribution in [2.75, 3.05) is 18.4 Å². The number of aromatic nitrogens is 3. The molecule has 0 bridgehead atoms. The minimum absolute atomic E-state index is 0.158. The zero-order chi connectivity index (χ0) is 13.6. The maximum atomic E-state index is 12.4. The summed E-state index contributed by atoms with van der Waals surface area (Å²) in [5.74, 6) is 0.571. The molecule has 0 N–H and O–H groups in total. The highest BCUT2D eigenvalue weighted by Crippen LogP contribution is 2.17. The van der Waals surface area contributed by atoms with Gasteiger partial charge in [-0.3, -0.25) is 4.90 Å². The van der Waals surface area contributed by atoms with Gasteiger partial charge in [-0.15, -0.1) is 0 Å². The number of hydrogen-bond donors (Lipinski definition) is 0. The van der Waals surface area contributed by atoms with Crippen molar-refractivity contribution in [3.05, 3.63) is 12.2 Å². The van der Waals surface area contributed by atoms with E-state index in [1.807, 2.05) is 6.92 Å². The van der Waals surface area contributed by atoms with Gasteiger partial charge in [-0.05, 0) is 6.42 Å². The van der Waals surface area contributed by atoms with Crippen LogP contribution in [0.2, 0.25) is 0 Å². The summed E-state index contributed by atoms with van der Waals surface area (Å²) in [5, 5.41) is 4.49. The van der Waals surface area contributed by atoms with Crippen molar-refractivity contribution in [2.45, 2.75) is 32.6 Å². The van der Waals surface area contributed by atoms with Gasteiger partial charge in [0, 0.05) is 18.4 Å². The molecule has 0 aliphatic heterocycles. The molecule has 1 rings (SSSR count). The van der Waals surface area contributed by atoms with Crippen LogP contribution in [0.1, 0.15) is 19.2 Å². The molecule has 1 aromatic heterocycles. The lowest BCUT2D eigenvalue weighted by molar-refractivity contribution is -0.146. The molecule has 0 amide bonds. The van der Waals surface area contributed by atoms with E-state index in [0.717, 1.165) is 6.42 Å². The SMILES string of the molecule is CCCn1ncnc1CN(CCBr)CC(F)(F)F. The quantitative estimate of drug-likeness (QED) is 0.721. The molecule has 0 radical (unpaired) electrons. The van der Waals surface area contributed by atoms with E-state index in [9.17, 15) is 13.2 Å². The molecule has 1 heterocycles. The van der Waals surface area contributed by atoms with Crippen LogP contribution in [0.4, 0.5) is 13.2 Å². The zero-order valence-corrected chi connectivity index (χ0v) is 11.7. The summed E-state index contributed by atoms with van der Waals surface area (Å²) in [7, 11) is 0. The van der Waals surface area contributed by atoms with Crippen LogP contribution in [-0.4, -0.2) is 44.3 Å². The summed E-state index contributed by atoms with van der Waals surface area (Å²) < 4.78 is 38.9. The summed E-state index contributed by atoms with van der Waals surface area (Å²) in [6, 6.07) is 0. The summed E-state index contributed by atoms with van der Waals surface area (Å²) >= 11 is 3.16. The highest BCUT2D eigenvalue weighted by atomic mass is 79.9. The molecule has 0 atom stereocenters. The Morgan fingerprint density at radius 1 is 1.44 bits per heavy atom. The predicted molar refractivity (Wildman–Crippen MR) is 65.4 cm³/mol. The zero-order valence-electron chi connectivity index (χ0n) is 10.1. The van der Waals surface area contributed by atoms with E-state index in [1.165, 1.54) is 11.2 Å². The van der Waals surface area contributed by atoms with Crippen molar-refractivity contribution in [3.8, 4) is 0 Å². The number of hydrogen-bond acceptors (Lipinski definition) is 3. The van der Waals surface area contributed by atoms with Crippen LogP contribution in [0, 0.1) is 0 Å². The van der Waals surface area contributed by atoms with Crippen LogP contribution >= 0.6 is 15.9 Å². The number of halogens is 4. The van der Waals surface area contributed by atoms with Crippen LogP contribution in [0.25, 0.3) is 0 Å². The monoisotopic (exact) mass is 328 g/mol.